The molecular formula is C12H11BrN4OS. The van der Waals surface area contributed by atoms with Crippen LogP contribution in [0.15, 0.2) is 33.8 Å². The Morgan fingerprint density at radius 3 is 2.63 bits per heavy atom. The number of nitrogens with one attached hydrogen (secondary N) is 1. The first-order valence-electron chi connectivity index (χ1n) is 5.47. The van der Waals surface area contributed by atoms with E-state index in [2.05, 4.69) is 36.0 Å². The third kappa shape index (κ3) is 3.45. The molecule has 0 radical (unpaired) electrons. The molecule has 1 heterocycles. The minimum Gasteiger partial charge on any atom is -0.266 e. The Hall–Kier alpha value is -1.60. The molecule has 0 saturated heterocycles. The van der Waals surface area contributed by atoms with Crippen LogP contribution in [0.1, 0.15) is 27.9 Å². The van der Waals surface area contributed by atoms with Crippen LogP contribution in [0.2, 0.25) is 0 Å². The van der Waals surface area contributed by atoms with E-state index in [1.54, 1.807) is 6.92 Å². The summed E-state index contributed by atoms with van der Waals surface area (Å²) in [4.78, 5) is 12.3. The van der Waals surface area contributed by atoms with Crippen LogP contribution < -0.4 is 5.43 Å². The van der Waals surface area contributed by atoms with E-state index in [0.717, 1.165) is 27.3 Å². The summed E-state index contributed by atoms with van der Waals surface area (Å²) < 4.78 is 4.71. The summed E-state index contributed by atoms with van der Waals surface area (Å²) in [7, 11) is 0. The predicted molar refractivity (Wildman–Crippen MR) is 78.5 cm³/mol. The Kier molecular flexibility index (Phi) is 4.39. The molecule has 2 aromatic rings. The summed E-state index contributed by atoms with van der Waals surface area (Å²) in [5.74, 6) is -0.288. The van der Waals surface area contributed by atoms with Crippen molar-refractivity contribution < 1.29 is 4.79 Å². The van der Waals surface area contributed by atoms with E-state index in [1.807, 2.05) is 31.2 Å². The van der Waals surface area contributed by atoms with Crippen LogP contribution in [-0.4, -0.2) is 21.2 Å². The predicted octanol–water partition coefficient (Wildman–Crippen LogP) is 2.76. The lowest BCUT2D eigenvalue weighted by Crippen LogP contribution is -2.19. The van der Waals surface area contributed by atoms with Gasteiger partial charge in [0.05, 0.1) is 11.4 Å². The molecule has 1 aromatic carbocycles. The third-order valence-electron chi connectivity index (χ3n) is 2.44. The topological polar surface area (TPSA) is 67.2 Å². The second kappa shape index (κ2) is 6.03. The van der Waals surface area contributed by atoms with Crippen molar-refractivity contribution in [3.63, 3.8) is 0 Å². The summed E-state index contributed by atoms with van der Waals surface area (Å²) in [5.41, 5.74) is 4.80. The summed E-state index contributed by atoms with van der Waals surface area (Å²) in [6, 6.07) is 7.70. The molecule has 0 atom stereocenters. The average molecular weight is 339 g/mol. The number of amides is 1. The number of hydrogen-bond acceptors (Lipinski definition) is 5. The molecule has 1 aromatic heterocycles. The molecule has 0 aliphatic rings. The van der Waals surface area contributed by atoms with Crippen molar-refractivity contribution in [1.82, 2.24) is 15.0 Å². The van der Waals surface area contributed by atoms with Crippen LogP contribution in [0, 0.1) is 6.92 Å². The van der Waals surface area contributed by atoms with Gasteiger partial charge in [0.2, 0.25) is 0 Å². The van der Waals surface area contributed by atoms with Gasteiger partial charge in [-0.3, -0.25) is 4.79 Å². The van der Waals surface area contributed by atoms with Gasteiger partial charge < -0.3 is 0 Å². The normalized spacial score (nSPS) is 11.4. The molecule has 0 fully saturated rings. The Balaban J connectivity index is 2.08. The van der Waals surface area contributed by atoms with Gasteiger partial charge in [0.25, 0.3) is 5.91 Å². The van der Waals surface area contributed by atoms with Gasteiger partial charge in [-0.2, -0.15) is 5.10 Å². The highest BCUT2D eigenvalue weighted by atomic mass is 79.9. The number of aryl methyl sites for hydroxylation is 1. The number of nitrogens with zero attached hydrogens (tertiary/aromatic N) is 3. The van der Waals surface area contributed by atoms with Gasteiger partial charge in [0.1, 0.15) is 4.88 Å². The summed E-state index contributed by atoms with van der Waals surface area (Å²) in [6.07, 6.45) is 0. The van der Waals surface area contributed by atoms with Crippen molar-refractivity contribution in [2.45, 2.75) is 13.8 Å². The minimum atomic E-state index is -0.288. The molecular weight excluding hydrogens is 328 g/mol. The largest absolute Gasteiger partial charge is 0.285 e. The van der Waals surface area contributed by atoms with Gasteiger partial charge in [0, 0.05) is 4.47 Å². The first-order chi connectivity index (χ1) is 9.08. The van der Waals surface area contributed by atoms with Crippen LogP contribution in [0.3, 0.4) is 0 Å². The molecule has 2 rings (SSSR count). The van der Waals surface area contributed by atoms with Crippen molar-refractivity contribution in [1.29, 1.82) is 0 Å². The Morgan fingerprint density at radius 2 is 2.05 bits per heavy atom. The van der Waals surface area contributed by atoms with E-state index in [-0.39, 0.29) is 5.91 Å². The fraction of sp³-hybridized carbons (Fsp3) is 0.167. The second-order valence-electron chi connectivity index (χ2n) is 3.83. The number of rotatable bonds is 3. The van der Waals surface area contributed by atoms with Crippen molar-refractivity contribution in [3.05, 3.63) is 44.9 Å². The lowest BCUT2D eigenvalue weighted by Gasteiger charge is -2.02. The number of halogens is 1. The van der Waals surface area contributed by atoms with Crippen LogP contribution in [-0.2, 0) is 0 Å². The average Bonchev–Trinajstić information content (AvgIpc) is 2.83. The fourth-order valence-electron chi connectivity index (χ4n) is 1.38. The third-order valence-corrected chi connectivity index (χ3v) is 3.80. The van der Waals surface area contributed by atoms with Gasteiger partial charge in [-0.15, -0.1) is 5.10 Å². The van der Waals surface area contributed by atoms with Gasteiger partial charge in [-0.1, -0.05) is 32.6 Å². The van der Waals surface area contributed by atoms with Crippen LogP contribution >= 0.6 is 27.5 Å². The first-order valence-corrected chi connectivity index (χ1v) is 7.04. The molecule has 0 bridgehead atoms. The van der Waals surface area contributed by atoms with Gasteiger partial charge >= 0.3 is 0 Å². The molecule has 1 N–H and O–H groups in total. The lowest BCUT2D eigenvalue weighted by atomic mass is 10.1. The summed E-state index contributed by atoms with van der Waals surface area (Å²) in [6.45, 7) is 3.57. The molecule has 0 aliphatic carbocycles. The quantitative estimate of drug-likeness (QED) is 0.691. The zero-order valence-corrected chi connectivity index (χ0v) is 12.7. The van der Waals surface area contributed by atoms with Crippen LogP contribution in [0.5, 0.6) is 0 Å². The Bertz CT molecular complexity index is 621. The highest BCUT2D eigenvalue weighted by Gasteiger charge is 2.12. The Morgan fingerprint density at radius 1 is 1.37 bits per heavy atom. The molecule has 0 saturated carbocycles. The molecule has 0 unspecified atom stereocenters. The number of carbonyl (C=O) groups is 1. The number of hydrazone groups is 1. The van der Waals surface area contributed by atoms with E-state index < -0.39 is 0 Å². The number of hydrogen-bond donors (Lipinski definition) is 1. The van der Waals surface area contributed by atoms with Crippen molar-refractivity contribution >= 4 is 39.1 Å². The zero-order valence-electron chi connectivity index (χ0n) is 10.3. The maximum Gasteiger partial charge on any atom is 0.285 e. The van der Waals surface area contributed by atoms with E-state index in [1.165, 1.54) is 0 Å². The lowest BCUT2D eigenvalue weighted by molar-refractivity contribution is 0.0958. The number of benzene rings is 1. The molecule has 19 heavy (non-hydrogen) atoms. The Labute approximate surface area is 123 Å². The number of carbonyl (C=O) groups excluding carboxylic acids is 1. The van der Waals surface area contributed by atoms with E-state index in [0.29, 0.717) is 10.6 Å². The number of aromatic nitrogens is 2. The standard InChI is InChI=1S/C12H11BrN4OS/c1-7(9-3-5-10(13)6-4-9)14-16-12(18)11-8(2)15-17-19-11/h3-6H,1-2H3,(H,16,18)/b14-7-. The molecule has 0 aliphatic heterocycles. The van der Waals surface area contributed by atoms with E-state index >= 15 is 0 Å². The van der Waals surface area contributed by atoms with Gasteiger partial charge in [0.15, 0.2) is 0 Å². The van der Waals surface area contributed by atoms with E-state index in [9.17, 15) is 4.79 Å². The van der Waals surface area contributed by atoms with Crippen molar-refractivity contribution in [2.75, 3.05) is 0 Å². The van der Waals surface area contributed by atoms with Crippen molar-refractivity contribution in [2.24, 2.45) is 5.10 Å². The smallest absolute Gasteiger partial charge is 0.266 e. The highest BCUT2D eigenvalue weighted by molar-refractivity contribution is 9.10. The molecule has 7 heteroatoms. The zero-order chi connectivity index (χ0) is 13.8. The summed E-state index contributed by atoms with van der Waals surface area (Å²) >= 11 is 4.43. The molecule has 1 amide bonds. The summed E-state index contributed by atoms with van der Waals surface area (Å²) in [5, 5.41) is 7.86. The second-order valence-corrected chi connectivity index (χ2v) is 5.50. The molecule has 98 valence electrons. The van der Waals surface area contributed by atoms with Crippen LogP contribution in [0.4, 0.5) is 0 Å². The first kappa shape index (κ1) is 13.8. The SMILES string of the molecule is C/C(=N/NC(=O)c1snnc1C)c1ccc(Br)cc1. The monoisotopic (exact) mass is 338 g/mol. The molecule has 0 spiro atoms. The minimum absolute atomic E-state index is 0.288. The van der Waals surface area contributed by atoms with Crippen molar-refractivity contribution in [3.8, 4) is 0 Å². The van der Waals surface area contributed by atoms with E-state index in [4.69, 9.17) is 0 Å². The van der Waals surface area contributed by atoms with Crippen LogP contribution in [0.25, 0.3) is 0 Å². The maximum atomic E-state index is 11.8. The maximum absolute atomic E-state index is 11.8. The van der Waals surface area contributed by atoms with Gasteiger partial charge in [-0.05, 0) is 43.1 Å². The molecule has 5 nitrogen and oxygen atoms in total. The highest BCUT2D eigenvalue weighted by Crippen LogP contribution is 2.11. The van der Waals surface area contributed by atoms with Gasteiger partial charge in [-0.25, -0.2) is 5.43 Å². The fourth-order valence-corrected chi connectivity index (χ4v) is 2.19.